The summed E-state index contributed by atoms with van der Waals surface area (Å²) in [5, 5.41) is 0.212. The molecule has 1 aromatic rings. The van der Waals surface area contributed by atoms with Gasteiger partial charge < -0.3 is 19.9 Å². The van der Waals surface area contributed by atoms with Crippen LogP contribution in [0.1, 0.15) is 18.5 Å². The number of benzene rings is 1. The molecule has 0 aromatic heterocycles. The fourth-order valence-electron chi connectivity index (χ4n) is 1.71. The molecule has 0 bridgehead atoms. The van der Waals surface area contributed by atoms with E-state index in [-0.39, 0.29) is 36.4 Å². The summed E-state index contributed by atoms with van der Waals surface area (Å²) in [7, 11) is 0. The van der Waals surface area contributed by atoms with Gasteiger partial charge in [-0.3, -0.25) is 0 Å². The molecule has 2 atom stereocenters. The van der Waals surface area contributed by atoms with Crippen LogP contribution >= 0.6 is 24.0 Å². The number of hydrogen-bond acceptors (Lipinski definition) is 5. The molecular weight excluding hydrogens is 312 g/mol. The van der Waals surface area contributed by atoms with Crippen LogP contribution in [-0.2, 0) is 9.53 Å². The molecule has 20 heavy (non-hydrogen) atoms. The van der Waals surface area contributed by atoms with Gasteiger partial charge in [-0.2, -0.15) is 0 Å². The standard InChI is InChI=1S/C12H13ClFNO4.ClH/c1-2-17-12(16)10(14)11(15)6-3-8-9(4-7(6)13)19-5-18-8;/h3-4,10-11H,2,5,15H2,1H3;1H/t10?,11-;/m0./s1. The van der Waals surface area contributed by atoms with E-state index in [2.05, 4.69) is 4.74 Å². The molecule has 0 saturated carbocycles. The zero-order valence-corrected chi connectivity index (χ0v) is 12.2. The molecule has 8 heteroatoms. The number of carbonyl (C=O) groups is 1. The first-order valence-electron chi connectivity index (χ1n) is 5.70. The highest BCUT2D eigenvalue weighted by atomic mass is 35.5. The maximum absolute atomic E-state index is 13.9. The topological polar surface area (TPSA) is 70.8 Å². The summed E-state index contributed by atoms with van der Waals surface area (Å²) in [6.45, 7) is 1.74. The van der Waals surface area contributed by atoms with Crippen molar-refractivity contribution in [3.63, 3.8) is 0 Å². The maximum Gasteiger partial charge on any atom is 0.342 e. The molecule has 0 saturated heterocycles. The van der Waals surface area contributed by atoms with Crippen LogP contribution in [0.2, 0.25) is 5.02 Å². The molecule has 112 valence electrons. The van der Waals surface area contributed by atoms with E-state index in [0.717, 1.165) is 0 Å². The van der Waals surface area contributed by atoms with Gasteiger partial charge in [0.25, 0.3) is 0 Å². The van der Waals surface area contributed by atoms with Gasteiger partial charge in [-0.15, -0.1) is 12.4 Å². The predicted molar refractivity (Wildman–Crippen MR) is 73.3 cm³/mol. The molecule has 1 unspecified atom stereocenters. The summed E-state index contributed by atoms with van der Waals surface area (Å²) in [6.07, 6.45) is -1.99. The Labute approximate surface area is 126 Å². The lowest BCUT2D eigenvalue weighted by Gasteiger charge is -2.17. The number of ether oxygens (including phenoxy) is 3. The average molecular weight is 326 g/mol. The Morgan fingerprint density at radius 2 is 2.10 bits per heavy atom. The van der Waals surface area contributed by atoms with Gasteiger partial charge in [-0.1, -0.05) is 11.6 Å². The van der Waals surface area contributed by atoms with Crippen molar-refractivity contribution in [2.24, 2.45) is 5.73 Å². The lowest BCUT2D eigenvalue weighted by Crippen LogP contribution is -2.31. The molecule has 0 aliphatic carbocycles. The molecule has 1 aliphatic heterocycles. The Morgan fingerprint density at radius 3 is 2.70 bits per heavy atom. The van der Waals surface area contributed by atoms with E-state index in [1.165, 1.54) is 12.1 Å². The van der Waals surface area contributed by atoms with Gasteiger partial charge in [0, 0.05) is 11.1 Å². The normalized spacial score (nSPS) is 15.2. The number of halogens is 3. The van der Waals surface area contributed by atoms with Crippen molar-refractivity contribution in [2.75, 3.05) is 13.4 Å². The third-order valence-corrected chi connectivity index (χ3v) is 3.01. The highest BCUT2D eigenvalue weighted by Gasteiger charge is 2.30. The molecule has 0 radical (unpaired) electrons. The van der Waals surface area contributed by atoms with Crippen LogP contribution < -0.4 is 15.2 Å². The van der Waals surface area contributed by atoms with Crippen LogP contribution in [0, 0.1) is 0 Å². The van der Waals surface area contributed by atoms with Crippen molar-refractivity contribution in [3.8, 4) is 11.5 Å². The number of nitrogens with two attached hydrogens (primary N) is 1. The third kappa shape index (κ3) is 3.26. The third-order valence-electron chi connectivity index (χ3n) is 2.68. The minimum absolute atomic E-state index is 0. The first kappa shape index (κ1) is 16.8. The lowest BCUT2D eigenvalue weighted by atomic mass is 10.0. The Morgan fingerprint density at radius 1 is 1.50 bits per heavy atom. The molecular formula is C12H14Cl2FNO4. The van der Waals surface area contributed by atoms with Crippen molar-refractivity contribution in [2.45, 2.75) is 19.1 Å². The van der Waals surface area contributed by atoms with Crippen LogP contribution in [0.25, 0.3) is 0 Å². The molecule has 0 amide bonds. The van der Waals surface area contributed by atoms with Crippen LogP contribution in [0.5, 0.6) is 11.5 Å². The molecule has 2 N–H and O–H groups in total. The number of fused-ring (bicyclic) bond motifs is 1. The van der Waals surface area contributed by atoms with E-state index < -0.39 is 18.2 Å². The summed E-state index contributed by atoms with van der Waals surface area (Å²) in [5.41, 5.74) is 5.98. The molecule has 0 spiro atoms. The van der Waals surface area contributed by atoms with Crippen molar-refractivity contribution in [1.29, 1.82) is 0 Å². The minimum Gasteiger partial charge on any atom is -0.464 e. The van der Waals surface area contributed by atoms with Gasteiger partial charge in [-0.05, 0) is 18.6 Å². The van der Waals surface area contributed by atoms with Gasteiger partial charge in [0.05, 0.1) is 12.6 Å². The van der Waals surface area contributed by atoms with Crippen molar-refractivity contribution >= 4 is 30.0 Å². The molecule has 1 aromatic carbocycles. The number of rotatable bonds is 4. The fourth-order valence-corrected chi connectivity index (χ4v) is 1.99. The van der Waals surface area contributed by atoms with E-state index in [1.54, 1.807) is 6.92 Å². The van der Waals surface area contributed by atoms with E-state index in [4.69, 9.17) is 26.8 Å². The van der Waals surface area contributed by atoms with Crippen molar-refractivity contribution < 1.29 is 23.4 Å². The monoisotopic (exact) mass is 325 g/mol. The highest BCUT2D eigenvalue weighted by Crippen LogP contribution is 2.39. The highest BCUT2D eigenvalue weighted by molar-refractivity contribution is 6.31. The zero-order chi connectivity index (χ0) is 14.0. The number of alkyl halides is 1. The first-order valence-corrected chi connectivity index (χ1v) is 6.07. The molecule has 5 nitrogen and oxygen atoms in total. The summed E-state index contributed by atoms with van der Waals surface area (Å²) < 4.78 is 28.7. The fraction of sp³-hybridized carbons (Fsp3) is 0.417. The van der Waals surface area contributed by atoms with Crippen molar-refractivity contribution in [1.82, 2.24) is 0 Å². The second-order valence-corrected chi connectivity index (χ2v) is 4.31. The van der Waals surface area contributed by atoms with Gasteiger partial charge in [0.1, 0.15) is 0 Å². The van der Waals surface area contributed by atoms with Crippen LogP contribution in [-0.4, -0.2) is 25.5 Å². The van der Waals surface area contributed by atoms with Gasteiger partial charge in [0.15, 0.2) is 11.5 Å². The largest absolute Gasteiger partial charge is 0.464 e. The Balaban J connectivity index is 0.00000200. The quantitative estimate of drug-likeness (QED) is 0.860. The minimum atomic E-state index is -1.99. The van der Waals surface area contributed by atoms with Gasteiger partial charge in [-0.25, -0.2) is 9.18 Å². The summed E-state index contributed by atoms with van der Waals surface area (Å²) in [5.74, 6) is -0.123. The number of carbonyl (C=O) groups excluding carboxylic acids is 1. The SMILES string of the molecule is CCOC(=O)C(F)[C@@H](N)c1cc2c(cc1Cl)OCO2.Cl. The maximum atomic E-state index is 13.9. The van der Waals surface area contributed by atoms with Crippen molar-refractivity contribution in [3.05, 3.63) is 22.7 Å². The first-order chi connectivity index (χ1) is 9.04. The second kappa shape index (κ2) is 6.97. The zero-order valence-electron chi connectivity index (χ0n) is 10.6. The van der Waals surface area contributed by atoms with Gasteiger partial charge in [0.2, 0.25) is 13.0 Å². The predicted octanol–water partition coefficient (Wildman–Crippen LogP) is 2.39. The Kier molecular flexibility index (Phi) is 5.86. The van der Waals surface area contributed by atoms with Gasteiger partial charge >= 0.3 is 5.97 Å². The smallest absolute Gasteiger partial charge is 0.342 e. The number of esters is 1. The second-order valence-electron chi connectivity index (χ2n) is 3.91. The summed E-state index contributed by atoms with van der Waals surface area (Å²) in [4.78, 5) is 11.3. The summed E-state index contributed by atoms with van der Waals surface area (Å²) in [6, 6.07) is 1.74. The van der Waals surface area contributed by atoms with E-state index >= 15 is 0 Å². The summed E-state index contributed by atoms with van der Waals surface area (Å²) >= 11 is 5.99. The molecule has 1 heterocycles. The molecule has 0 fully saturated rings. The molecule has 2 rings (SSSR count). The van der Waals surface area contributed by atoms with Crippen LogP contribution in [0.4, 0.5) is 4.39 Å². The number of hydrogen-bond donors (Lipinski definition) is 1. The van der Waals surface area contributed by atoms with E-state index in [0.29, 0.717) is 11.5 Å². The average Bonchev–Trinajstić information content (AvgIpc) is 2.83. The van der Waals surface area contributed by atoms with E-state index in [9.17, 15) is 9.18 Å². The Hall–Kier alpha value is -1.24. The lowest BCUT2D eigenvalue weighted by molar-refractivity contribution is -0.149. The van der Waals surface area contributed by atoms with Crippen LogP contribution in [0.15, 0.2) is 12.1 Å². The van der Waals surface area contributed by atoms with Crippen LogP contribution in [0.3, 0.4) is 0 Å². The Bertz CT molecular complexity index is 501. The molecule has 1 aliphatic rings. The van der Waals surface area contributed by atoms with E-state index in [1.807, 2.05) is 0 Å².